The van der Waals surface area contributed by atoms with Crippen LogP contribution in [0.15, 0.2) is 97.1 Å². The third-order valence-electron chi connectivity index (χ3n) is 8.39. The maximum absolute atomic E-state index is 5.88. The first-order valence-corrected chi connectivity index (χ1v) is 18.8. The van der Waals surface area contributed by atoms with Gasteiger partial charge in [-0.05, 0) is 83.9 Å². The van der Waals surface area contributed by atoms with Crippen LogP contribution < -0.4 is 30.4 Å². The Morgan fingerprint density at radius 1 is 0.309 bits per heavy atom. The lowest BCUT2D eigenvalue weighted by Crippen LogP contribution is -2.19. The van der Waals surface area contributed by atoms with Crippen LogP contribution in [0.4, 0.5) is 11.4 Å². The molecule has 0 spiro atoms. The molecule has 0 bridgehead atoms. The minimum Gasteiger partial charge on any atom is -0.491 e. The molecule has 55 heavy (non-hydrogen) atoms. The highest BCUT2D eigenvalue weighted by Gasteiger charge is 2.23. The van der Waals surface area contributed by atoms with Crippen molar-refractivity contribution < 1.29 is 47.4 Å². The molecule has 0 aromatic heterocycles. The quantitative estimate of drug-likeness (QED) is 0.0462. The molecule has 4 aromatic carbocycles. The van der Waals surface area contributed by atoms with E-state index in [1.807, 2.05) is 48.5 Å². The second-order valence-corrected chi connectivity index (χ2v) is 12.9. The Kier molecular flexibility index (Phi) is 20.0. The molecule has 0 saturated carbocycles. The molecule has 4 N–H and O–H groups in total. The lowest BCUT2D eigenvalue weighted by molar-refractivity contribution is 0.00499. The van der Waals surface area contributed by atoms with Crippen LogP contribution in [0.25, 0.3) is 0 Å². The Balaban J connectivity index is 0.953. The van der Waals surface area contributed by atoms with Crippen LogP contribution >= 0.6 is 0 Å². The second kappa shape index (κ2) is 25.5. The molecule has 0 fully saturated rings. The van der Waals surface area contributed by atoms with E-state index in [-0.39, 0.29) is 5.41 Å². The molecule has 0 aliphatic heterocycles. The molecule has 0 saturated heterocycles. The Labute approximate surface area is 325 Å². The summed E-state index contributed by atoms with van der Waals surface area (Å²) in [6.45, 7) is 12.2. The molecule has 300 valence electrons. The van der Waals surface area contributed by atoms with Gasteiger partial charge in [-0.2, -0.15) is 0 Å². The molecular weight excluding hydrogens is 704 g/mol. The van der Waals surface area contributed by atoms with E-state index in [0.717, 1.165) is 23.0 Å². The van der Waals surface area contributed by atoms with E-state index in [4.69, 9.17) is 58.8 Å². The van der Waals surface area contributed by atoms with Crippen molar-refractivity contribution >= 4 is 11.4 Å². The lowest BCUT2D eigenvalue weighted by atomic mass is 9.78. The van der Waals surface area contributed by atoms with E-state index in [0.29, 0.717) is 117 Å². The van der Waals surface area contributed by atoms with Gasteiger partial charge in [0.15, 0.2) is 0 Å². The van der Waals surface area contributed by atoms with E-state index < -0.39 is 0 Å². The van der Waals surface area contributed by atoms with Gasteiger partial charge in [0.25, 0.3) is 0 Å². The molecule has 12 nitrogen and oxygen atoms in total. The summed E-state index contributed by atoms with van der Waals surface area (Å²) in [5, 5.41) is 0. The van der Waals surface area contributed by atoms with Crippen LogP contribution in [0.1, 0.15) is 25.0 Å². The zero-order valence-electron chi connectivity index (χ0n) is 32.3. The molecule has 0 amide bonds. The minimum absolute atomic E-state index is 0.198. The molecule has 4 rings (SSSR count). The van der Waals surface area contributed by atoms with Gasteiger partial charge in [0, 0.05) is 16.8 Å². The van der Waals surface area contributed by atoms with E-state index in [2.05, 4.69) is 38.1 Å². The van der Waals surface area contributed by atoms with Crippen molar-refractivity contribution in [2.24, 2.45) is 0 Å². The molecule has 0 heterocycles. The van der Waals surface area contributed by atoms with Crippen LogP contribution in [0.3, 0.4) is 0 Å². The largest absolute Gasteiger partial charge is 0.491 e. The fourth-order valence-electron chi connectivity index (χ4n) is 5.19. The topological polar surface area (TPSA) is 144 Å². The summed E-state index contributed by atoms with van der Waals surface area (Å²) >= 11 is 0. The van der Waals surface area contributed by atoms with Crippen molar-refractivity contribution in [3.8, 4) is 23.0 Å². The first-order chi connectivity index (χ1) is 26.9. The van der Waals surface area contributed by atoms with E-state index in [1.54, 1.807) is 24.3 Å². The summed E-state index contributed by atoms with van der Waals surface area (Å²) in [7, 11) is 0. The number of hydrogen-bond donors (Lipinski definition) is 2. The first kappa shape index (κ1) is 43.2. The zero-order chi connectivity index (χ0) is 38.8. The average Bonchev–Trinajstić information content (AvgIpc) is 3.20. The van der Waals surface area contributed by atoms with Crippen molar-refractivity contribution in [2.45, 2.75) is 19.3 Å². The van der Waals surface area contributed by atoms with Gasteiger partial charge in [-0.1, -0.05) is 38.1 Å². The summed E-state index contributed by atoms with van der Waals surface area (Å²) in [5.74, 6) is 3.15. The zero-order valence-corrected chi connectivity index (χ0v) is 32.3. The maximum Gasteiger partial charge on any atom is 0.119 e. The van der Waals surface area contributed by atoms with Gasteiger partial charge in [-0.3, -0.25) is 0 Å². The van der Waals surface area contributed by atoms with Gasteiger partial charge in [-0.15, -0.1) is 0 Å². The number of benzene rings is 4. The third-order valence-corrected chi connectivity index (χ3v) is 8.39. The molecule has 0 aliphatic carbocycles. The molecule has 4 aromatic rings. The molecule has 0 aliphatic rings. The second-order valence-electron chi connectivity index (χ2n) is 12.9. The monoisotopic (exact) mass is 762 g/mol. The number of ether oxygens (including phenoxy) is 10. The Bertz CT molecular complexity index is 1440. The number of anilines is 2. The lowest BCUT2D eigenvalue weighted by Gasteiger charge is -2.26. The summed E-state index contributed by atoms with van der Waals surface area (Å²) < 4.78 is 56.4. The van der Waals surface area contributed by atoms with Crippen molar-refractivity contribution in [1.82, 2.24) is 0 Å². The predicted molar refractivity (Wildman–Crippen MR) is 214 cm³/mol. The summed E-state index contributed by atoms with van der Waals surface area (Å²) in [6, 6.07) is 31.0. The van der Waals surface area contributed by atoms with Gasteiger partial charge < -0.3 is 58.8 Å². The van der Waals surface area contributed by atoms with Gasteiger partial charge in [0.1, 0.15) is 49.4 Å². The normalized spacial score (nSPS) is 11.4. The van der Waals surface area contributed by atoms with Gasteiger partial charge >= 0.3 is 0 Å². The molecule has 12 heteroatoms. The average molecular weight is 763 g/mol. The highest BCUT2D eigenvalue weighted by molar-refractivity contribution is 5.43. The van der Waals surface area contributed by atoms with Gasteiger partial charge in [0.05, 0.1) is 79.3 Å². The van der Waals surface area contributed by atoms with E-state index >= 15 is 0 Å². The van der Waals surface area contributed by atoms with Gasteiger partial charge in [0.2, 0.25) is 0 Å². The highest BCUT2D eigenvalue weighted by Crippen LogP contribution is 2.33. The molecule has 0 radical (unpaired) electrons. The summed E-state index contributed by atoms with van der Waals surface area (Å²) in [4.78, 5) is 0. The third kappa shape index (κ3) is 17.6. The van der Waals surface area contributed by atoms with Crippen LogP contribution in [0, 0.1) is 0 Å². The van der Waals surface area contributed by atoms with Crippen LogP contribution in [-0.2, 0) is 33.8 Å². The fourth-order valence-corrected chi connectivity index (χ4v) is 5.19. The van der Waals surface area contributed by atoms with Crippen molar-refractivity contribution in [2.75, 3.05) is 117 Å². The number of hydrogen-bond acceptors (Lipinski definition) is 12. The van der Waals surface area contributed by atoms with Crippen LogP contribution in [0.5, 0.6) is 23.0 Å². The molecule has 0 unspecified atom stereocenters. The number of rotatable bonds is 30. The van der Waals surface area contributed by atoms with E-state index in [1.165, 1.54) is 11.1 Å². The van der Waals surface area contributed by atoms with Crippen molar-refractivity contribution in [1.29, 1.82) is 0 Å². The van der Waals surface area contributed by atoms with Crippen molar-refractivity contribution in [3.63, 3.8) is 0 Å². The smallest absolute Gasteiger partial charge is 0.119 e. The Morgan fingerprint density at radius 3 is 0.745 bits per heavy atom. The maximum atomic E-state index is 5.88. The van der Waals surface area contributed by atoms with Crippen LogP contribution in [0.2, 0.25) is 0 Å². The summed E-state index contributed by atoms with van der Waals surface area (Å²) in [5.41, 5.74) is 14.9. The van der Waals surface area contributed by atoms with Crippen LogP contribution in [-0.4, -0.2) is 106 Å². The van der Waals surface area contributed by atoms with E-state index in [9.17, 15) is 0 Å². The molecular formula is C43H58N2O10. The standard InChI is InChI=1S/C43H58N2O10/c1-43(2,35-3-11-39(12-4-35)52-31-27-48-23-19-46-21-25-50-29-33-54-41-15-7-37(44)8-16-41)36-5-13-40(14-6-36)53-32-28-49-24-20-47-22-26-51-30-34-55-42-17-9-38(45)10-18-42/h3-18H,19-34,44-45H2,1-2H3. The minimum atomic E-state index is -0.198. The Morgan fingerprint density at radius 2 is 0.509 bits per heavy atom. The highest BCUT2D eigenvalue weighted by atomic mass is 16.6. The Hall–Kier alpha value is -4.56. The molecule has 0 atom stereocenters. The SMILES string of the molecule is CC(C)(c1ccc(OCCOCCOCCOCCOc2ccc(N)cc2)cc1)c1ccc(OCCOCCOCCOCCOc2ccc(N)cc2)cc1. The fraction of sp³-hybridized carbons (Fsp3) is 0.442. The van der Waals surface area contributed by atoms with Crippen molar-refractivity contribution in [3.05, 3.63) is 108 Å². The predicted octanol–water partition coefficient (Wildman–Crippen LogP) is 6.19. The van der Waals surface area contributed by atoms with Gasteiger partial charge in [-0.25, -0.2) is 0 Å². The number of nitrogen functional groups attached to an aromatic ring is 2. The first-order valence-electron chi connectivity index (χ1n) is 18.8. The summed E-state index contributed by atoms with van der Waals surface area (Å²) in [6.07, 6.45) is 0. The number of nitrogens with two attached hydrogens (primary N) is 2.